The van der Waals surface area contributed by atoms with Crippen LogP contribution in [0.3, 0.4) is 0 Å². The van der Waals surface area contributed by atoms with Crippen molar-refractivity contribution in [2.45, 2.75) is 31.3 Å². The second-order valence-corrected chi connectivity index (χ2v) is 8.15. The standard InChI is InChI=1S/C21H33N5O/c1-5-11-26-12-10-21(9-8-20(26)27)17-25(14-13-24(21)4)16-18-6-7-19(22-15-18)23(2)3/h5-7,15H,1,8-14,16-17H2,2-4H3/t21-/m1/s1. The van der Waals surface area contributed by atoms with Crippen molar-refractivity contribution in [1.82, 2.24) is 19.7 Å². The predicted molar refractivity (Wildman–Crippen MR) is 110 cm³/mol. The SMILES string of the molecule is C=CCN1CC[C@]2(CCC1=O)CN(Cc1ccc(N(C)C)nc1)CCN2C. The Morgan fingerprint density at radius 3 is 2.74 bits per heavy atom. The molecule has 0 saturated carbocycles. The number of likely N-dealkylation sites (tertiary alicyclic amines) is 1. The van der Waals surface area contributed by atoms with Crippen LogP contribution in [0.1, 0.15) is 24.8 Å². The molecule has 0 N–H and O–H groups in total. The Morgan fingerprint density at radius 1 is 1.26 bits per heavy atom. The van der Waals surface area contributed by atoms with Crippen LogP contribution in [0.15, 0.2) is 31.0 Å². The maximum atomic E-state index is 12.4. The Balaban J connectivity index is 1.68. The van der Waals surface area contributed by atoms with E-state index in [0.717, 1.165) is 51.4 Å². The Bertz CT molecular complexity index is 659. The topological polar surface area (TPSA) is 42.9 Å². The molecule has 148 valence electrons. The Kier molecular flexibility index (Phi) is 6.17. The summed E-state index contributed by atoms with van der Waals surface area (Å²) in [5, 5.41) is 0. The van der Waals surface area contributed by atoms with Gasteiger partial charge in [0, 0.05) is 71.5 Å². The van der Waals surface area contributed by atoms with Crippen LogP contribution in [0.5, 0.6) is 0 Å². The van der Waals surface area contributed by atoms with Crippen molar-refractivity contribution in [3.63, 3.8) is 0 Å². The van der Waals surface area contributed by atoms with Crippen LogP contribution < -0.4 is 4.90 Å². The summed E-state index contributed by atoms with van der Waals surface area (Å²) in [5.74, 6) is 1.25. The summed E-state index contributed by atoms with van der Waals surface area (Å²) >= 11 is 0. The molecule has 0 aliphatic carbocycles. The number of amides is 1. The molecule has 27 heavy (non-hydrogen) atoms. The zero-order chi connectivity index (χ0) is 19.4. The molecular formula is C21H33N5O. The molecule has 3 heterocycles. The molecule has 6 heteroatoms. The second kappa shape index (κ2) is 8.40. The van der Waals surface area contributed by atoms with Gasteiger partial charge in [0.05, 0.1) is 0 Å². The molecule has 6 nitrogen and oxygen atoms in total. The maximum Gasteiger partial charge on any atom is 0.222 e. The van der Waals surface area contributed by atoms with Crippen molar-refractivity contribution in [1.29, 1.82) is 0 Å². The summed E-state index contributed by atoms with van der Waals surface area (Å²) < 4.78 is 0. The van der Waals surface area contributed by atoms with Gasteiger partial charge in [-0.3, -0.25) is 14.6 Å². The van der Waals surface area contributed by atoms with E-state index in [0.29, 0.717) is 13.0 Å². The highest BCUT2D eigenvalue weighted by Gasteiger charge is 2.42. The summed E-state index contributed by atoms with van der Waals surface area (Å²) in [5.41, 5.74) is 1.33. The van der Waals surface area contributed by atoms with Gasteiger partial charge in [0.1, 0.15) is 5.82 Å². The zero-order valence-corrected chi connectivity index (χ0v) is 17.0. The molecule has 2 saturated heterocycles. The number of carbonyl (C=O) groups is 1. The number of aromatic nitrogens is 1. The van der Waals surface area contributed by atoms with E-state index in [9.17, 15) is 4.79 Å². The molecule has 0 unspecified atom stereocenters. The van der Waals surface area contributed by atoms with E-state index in [1.807, 2.05) is 36.2 Å². The van der Waals surface area contributed by atoms with Gasteiger partial charge < -0.3 is 9.80 Å². The minimum Gasteiger partial charge on any atom is -0.363 e. The average molecular weight is 372 g/mol. The molecule has 1 aromatic rings. The fourth-order valence-electron chi connectivity index (χ4n) is 4.29. The summed E-state index contributed by atoms with van der Waals surface area (Å²) in [7, 11) is 6.24. The summed E-state index contributed by atoms with van der Waals surface area (Å²) in [6.07, 6.45) is 6.41. The Morgan fingerprint density at radius 2 is 2.07 bits per heavy atom. The van der Waals surface area contributed by atoms with E-state index >= 15 is 0 Å². The fraction of sp³-hybridized carbons (Fsp3) is 0.619. The van der Waals surface area contributed by atoms with Crippen LogP contribution in [0, 0.1) is 0 Å². The molecule has 1 atom stereocenters. The molecule has 2 aliphatic heterocycles. The van der Waals surface area contributed by atoms with Crippen molar-refractivity contribution >= 4 is 11.7 Å². The lowest BCUT2D eigenvalue weighted by Crippen LogP contribution is -2.60. The monoisotopic (exact) mass is 371 g/mol. The first-order chi connectivity index (χ1) is 12.9. The third kappa shape index (κ3) is 4.50. The average Bonchev–Trinajstić information content (AvgIpc) is 2.80. The zero-order valence-electron chi connectivity index (χ0n) is 17.0. The number of pyridine rings is 1. The van der Waals surface area contributed by atoms with Crippen molar-refractivity contribution in [3.05, 3.63) is 36.5 Å². The first-order valence-electron chi connectivity index (χ1n) is 9.88. The van der Waals surface area contributed by atoms with E-state index in [2.05, 4.69) is 40.5 Å². The minimum absolute atomic E-state index is 0.0842. The minimum atomic E-state index is 0.0842. The largest absolute Gasteiger partial charge is 0.363 e. The highest BCUT2D eigenvalue weighted by atomic mass is 16.2. The molecule has 2 aliphatic rings. The van der Waals surface area contributed by atoms with E-state index in [1.54, 1.807) is 0 Å². The summed E-state index contributed by atoms with van der Waals surface area (Å²) in [4.78, 5) is 26.0. The van der Waals surface area contributed by atoms with Gasteiger partial charge in [0.15, 0.2) is 0 Å². The van der Waals surface area contributed by atoms with Crippen molar-refractivity contribution in [3.8, 4) is 0 Å². The van der Waals surface area contributed by atoms with Gasteiger partial charge in [-0.1, -0.05) is 12.1 Å². The highest BCUT2D eigenvalue weighted by Crippen LogP contribution is 2.32. The van der Waals surface area contributed by atoms with E-state index < -0.39 is 0 Å². The second-order valence-electron chi connectivity index (χ2n) is 8.15. The fourth-order valence-corrected chi connectivity index (χ4v) is 4.29. The first kappa shape index (κ1) is 19.8. The van der Waals surface area contributed by atoms with Gasteiger partial charge >= 0.3 is 0 Å². The molecule has 1 spiro atoms. The van der Waals surface area contributed by atoms with Gasteiger partial charge in [-0.2, -0.15) is 0 Å². The number of nitrogens with zero attached hydrogens (tertiary/aromatic N) is 5. The molecule has 0 bridgehead atoms. The molecule has 0 aromatic carbocycles. The van der Waals surface area contributed by atoms with Crippen LogP contribution in [0.25, 0.3) is 0 Å². The normalized spacial score (nSPS) is 24.9. The van der Waals surface area contributed by atoms with E-state index in [-0.39, 0.29) is 11.4 Å². The van der Waals surface area contributed by atoms with Gasteiger partial charge in [-0.25, -0.2) is 4.98 Å². The van der Waals surface area contributed by atoms with Gasteiger partial charge in [0.25, 0.3) is 0 Å². The number of anilines is 1. The molecule has 0 radical (unpaired) electrons. The Labute approximate surface area is 163 Å². The number of carbonyl (C=O) groups excluding carboxylic acids is 1. The quantitative estimate of drug-likeness (QED) is 0.739. The molecular weight excluding hydrogens is 338 g/mol. The molecule has 3 rings (SSSR count). The van der Waals surface area contributed by atoms with Crippen LogP contribution in [-0.2, 0) is 11.3 Å². The lowest BCUT2D eigenvalue weighted by molar-refractivity contribution is -0.130. The van der Waals surface area contributed by atoms with Gasteiger partial charge in [-0.15, -0.1) is 6.58 Å². The van der Waals surface area contributed by atoms with Crippen molar-refractivity contribution in [2.24, 2.45) is 0 Å². The van der Waals surface area contributed by atoms with Crippen LogP contribution in [0.2, 0.25) is 0 Å². The van der Waals surface area contributed by atoms with E-state index in [1.165, 1.54) is 5.56 Å². The van der Waals surface area contributed by atoms with Crippen molar-refractivity contribution in [2.75, 3.05) is 58.8 Å². The maximum absolute atomic E-state index is 12.4. The molecule has 1 amide bonds. The predicted octanol–water partition coefficient (Wildman–Crippen LogP) is 1.83. The molecule has 2 fully saturated rings. The third-order valence-corrected chi connectivity index (χ3v) is 6.11. The smallest absolute Gasteiger partial charge is 0.222 e. The third-order valence-electron chi connectivity index (χ3n) is 6.11. The Hall–Kier alpha value is -1.92. The van der Waals surface area contributed by atoms with E-state index in [4.69, 9.17) is 0 Å². The number of piperazine rings is 1. The molecule has 1 aromatic heterocycles. The van der Waals surface area contributed by atoms with Gasteiger partial charge in [0.2, 0.25) is 5.91 Å². The van der Waals surface area contributed by atoms with Crippen LogP contribution in [-0.4, -0.2) is 85.0 Å². The van der Waals surface area contributed by atoms with Crippen LogP contribution >= 0.6 is 0 Å². The highest BCUT2D eigenvalue weighted by molar-refractivity contribution is 5.76. The lowest BCUT2D eigenvalue weighted by atomic mass is 9.86. The first-order valence-corrected chi connectivity index (χ1v) is 9.88. The number of hydrogen-bond acceptors (Lipinski definition) is 5. The van der Waals surface area contributed by atoms with Crippen molar-refractivity contribution < 1.29 is 4.79 Å². The number of rotatable bonds is 5. The number of likely N-dealkylation sites (N-methyl/N-ethyl adjacent to an activating group) is 1. The summed E-state index contributed by atoms with van der Waals surface area (Å²) in [6, 6.07) is 4.26. The van der Waals surface area contributed by atoms with Crippen LogP contribution in [0.4, 0.5) is 5.82 Å². The van der Waals surface area contributed by atoms with Gasteiger partial charge in [-0.05, 0) is 31.5 Å². The lowest BCUT2D eigenvalue weighted by Gasteiger charge is -2.49. The summed E-state index contributed by atoms with van der Waals surface area (Å²) in [6.45, 7) is 9.29. The number of hydrogen-bond donors (Lipinski definition) is 0.